The van der Waals surface area contributed by atoms with Crippen LogP contribution in [0, 0.1) is 0 Å². The monoisotopic (exact) mass is 408 g/mol. The third kappa shape index (κ3) is 5.17. The summed E-state index contributed by atoms with van der Waals surface area (Å²) in [7, 11) is 0. The Balaban J connectivity index is 0.00000240. The quantitative estimate of drug-likeness (QED) is 0.576. The number of piperazine rings is 1. The van der Waals surface area contributed by atoms with Crippen molar-refractivity contribution in [2.75, 3.05) is 26.2 Å². The van der Waals surface area contributed by atoms with Gasteiger partial charge in [0.15, 0.2) is 0 Å². The lowest BCUT2D eigenvalue weighted by atomic mass is 9.96. The molecule has 4 rings (SSSR count). The molecule has 0 unspecified atom stereocenters. The predicted molar refractivity (Wildman–Crippen MR) is 118 cm³/mol. The minimum Gasteiger partial charge on any atom is -0.465 e. The summed E-state index contributed by atoms with van der Waals surface area (Å²) in [6.07, 6.45) is 4.93. The number of hydrogen-bond donors (Lipinski definition) is 0. The molecule has 1 aliphatic rings. The van der Waals surface area contributed by atoms with Crippen molar-refractivity contribution in [3.63, 3.8) is 0 Å². The van der Waals surface area contributed by atoms with E-state index < -0.39 is 0 Å². The molecule has 1 aliphatic heterocycles. The molecule has 1 fully saturated rings. The summed E-state index contributed by atoms with van der Waals surface area (Å²) in [6, 6.07) is 25.0. The van der Waals surface area contributed by atoms with E-state index >= 15 is 0 Å². The number of nitrogens with zero attached hydrogens (tertiary/aromatic N) is 2. The van der Waals surface area contributed by atoms with E-state index in [0.717, 1.165) is 26.2 Å². The zero-order valence-corrected chi connectivity index (χ0v) is 17.0. The smallest absolute Gasteiger partial charge is 0.246 e. The van der Waals surface area contributed by atoms with Crippen molar-refractivity contribution in [3.8, 4) is 0 Å². The van der Waals surface area contributed by atoms with Crippen LogP contribution in [0.3, 0.4) is 0 Å². The van der Waals surface area contributed by atoms with E-state index in [4.69, 9.17) is 4.42 Å². The lowest BCUT2D eigenvalue weighted by Gasteiger charge is -2.39. The Morgan fingerprint density at radius 1 is 0.828 bits per heavy atom. The largest absolute Gasteiger partial charge is 0.465 e. The minimum absolute atomic E-state index is 0. The number of carbonyl (C=O) groups excluding carboxylic acids is 1. The average molecular weight is 409 g/mol. The van der Waals surface area contributed by atoms with Gasteiger partial charge in [0.05, 0.1) is 12.3 Å². The second-order valence-corrected chi connectivity index (χ2v) is 6.93. The second-order valence-electron chi connectivity index (χ2n) is 6.93. The van der Waals surface area contributed by atoms with Gasteiger partial charge in [0.1, 0.15) is 5.76 Å². The van der Waals surface area contributed by atoms with Gasteiger partial charge in [0.25, 0.3) is 0 Å². The van der Waals surface area contributed by atoms with E-state index in [9.17, 15) is 4.79 Å². The van der Waals surface area contributed by atoms with Crippen molar-refractivity contribution < 1.29 is 9.21 Å². The van der Waals surface area contributed by atoms with Crippen LogP contribution in [0.2, 0.25) is 0 Å². The highest BCUT2D eigenvalue weighted by molar-refractivity contribution is 5.91. The molecular formula is C24H25ClN2O2. The highest BCUT2D eigenvalue weighted by atomic mass is 35.5. The van der Waals surface area contributed by atoms with Crippen molar-refractivity contribution in [1.82, 2.24) is 9.80 Å². The normalized spacial score (nSPS) is 14.9. The summed E-state index contributed by atoms with van der Waals surface area (Å²) in [5.74, 6) is 0.729. The molecule has 3 aromatic rings. The molecular weight excluding hydrogens is 384 g/mol. The molecule has 0 N–H and O–H groups in total. The highest BCUT2D eigenvalue weighted by Gasteiger charge is 2.27. The summed E-state index contributed by atoms with van der Waals surface area (Å²) in [5.41, 5.74) is 2.57. The maximum atomic E-state index is 12.5. The Kier molecular flexibility index (Phi) is 7.28. The zero-order chi connectivity index (χ0) is 19.2. The summed E-state index contributed by atoms with van der Waals surface area (Å²) in [6.45, 7) is 3.12. The Labute approximate surface area is 177 Å². The van der Waals surface area contributed by atoms with E-state index in [-0.39, 0.29) is 24.4 Å². The van der Waals surface area contributed by atoms with Crippen LogP contribution in [0.5, 0.6) is 0 Å². The van der Waals surface area contributed by atoms with Gasteiger partial charge < -0.3 is 9.32 Å². The maximum absolute atomic E-state index is 12.5. The van der Waals surface area contributed by atoms with E-state index in [1.165, 1.54) is 11.1 Å². The van der Waals surface area contributed by atoms with Crippen LogP contribution < -0.4 is 0 Å². The molecule has 2 aromatic carbocycles. The number of rotatable bonds is 5. The van der Waals surface area contributed by atoms with Gasteiger partial charge in [-0.3, -0.25) is 9.69 Å². The van der Waals surface area contributed by atoms with Crippen LogP contribution in [-0.2, 0) is 4.79 Å². The number of benzene rings is 2. The molecule has 0 atom stereocenters. The van der Waals surface area contributed by atoms with Crippen LogP contribution in [0.4, 0.5) is 0 Å². The molecule has 1 saturated heterocycles. The van der Waals surface area contributed by atoms with Gasteiger partial charge in [-0.15, -0.1) is 12.4 Å². The third-order valence-corrected chi connectivity index (χ3v) is 5.16. The van der Waals surface area contributed by atoms with Gasteiger partial charge in [-0.05, 0) is 29.3 Å². The molecule has 0 spiro atoms. The fraction of sp³-hybridized carbons (Fsp3) is 0.208. The van der Waals surface area contributed by atoms with Crippen molar-refractivity contribution >= 4 is 24.4 Å². The number of amides is 1. The summed E-state index contributed by atoms with van der Waals surface area (Å²) >= 11 is 0. The molecule has 5 heteroatoms. The average Bonchev–Trinajstić information content (AvgIpc) is 3.28. The van der Waals surface area contributed by atoms with Gasteiger partial charge in [0, 0.05) is 32.3 Å². The van der Waals surface area contributed by atoms with Gasteiger partial charge in [-0.1, -0.05) is 60.7 Å². The Morgan fingerprint density at radius 2 is 1.41 bits per heavy atom. The first-order valence-corrected chi connectivity index (χ1v) is 9.66. The first-order valence-electron chi connectivity index (χ1n) is 9.66. The van der Waals surface area contributed by atoms with Gasteiger partial charge >= 0.3 is 0 Å². The molecule has 2 heterocycles. The van der Waals surface area contributed by atoms with Crippen LogP contribution in [-0.4, -0.2) is 41.9 Å². The summed E-state index contributed by atoms with van der Waals surface area (Å²) in [4.78, 5) is 16.9. The molecule has 4 nitrogen and oxygen atoms in total. The van der Waals surface area contributed by atoms with Gasteiger partial charge in [0.2, 0.25) is 5.91 Å². The van der Waals surface area contributed by atoms with Crippen LogP contribution in [0.1, 0.15) is 22.9 Å². The summed E-state index contributed by atoms with van der Waals surface area (Å²) < 4.78 is 5.25. The summed E-state index contributed by atoms with van der Waals surface area (Å²) in [5, 5.41) is 0. The van der Waals surface area contributed by atoms with Crippen molar-refractivity contribution in [2.24, 2.45) is 0 Å². The second kappa shape index (κ2) is 10.1. The van der Waals surface area contributed by atoms with Crippen molar-refractivity contribution in [2.45, 2.75) is 6.04 Å². The van der Waals surface area contributed by atoms with E-state index in [2.05, 4.69) is 53.4 Å². The Morgan fingerprint density at radius 3 is 1.93 bits per heavy atom. The first-order chi connectivity index (χ1) is 13.8. The number of hydrogen-bond acceptors (Lipinski definition) is 3. The van der Waals surface area contributed by atoms with Crippen LogP contribution in [0.15, 0.2) is 89.6 Å². The van der Waals surface area contributed by atoms with Crippen molar-refractivity contribution in [3.05, 3.63) is 102 Å². The maximum Gasteiger partial charge on any atom is 0.246 e. The van der Waals surface area contributed by atoms with E-state index in [1.54, 1.807) is 18.4 Å². The molecule has 29 heavy (non-hydrogen) atoms. The van der Waals surface area contributed by atoms with Crippen LogP contribution >= 0.6 is 12.4 Å². The Bertz CT molecular complexity index is 863. The molecule has 0 bridgehead atoms. The molecule has 0 saturated carbocycles. The number of carbonyl (C=O) groups is 1. The fourth-order valence-electron chi connectivity index (χ4n) is 3.73. The van der Waals surface area contributed by atoms with Crippen LogP contribution in [0.25, 0.3) is 6.08 Å². The minimum atomic E-state index is 0. The lowest BCUT2D eigenvalue weighted by Crippen LogP contribution is -2.49. The third-order valence-electron chi connectivity index (χ3n) is 5.16. The van der Waals surface area contributed by atoms with Gasteiger partial charge in [-0.25, -0.2) is 0 Å². The van der Waals surface area contributed by atoms with Gasteiger partial charge in [-0.2, -0.15) is 0 Å². The van der Waals surface area contributed by atoms with Crippen molar-refractivity contribution in [1.29, 1.82) is 0 Å². The number of halogens is 1. The topological polar surface area (TPSA) is 36.7 Å². The fourth-order valence-corrected chi connectivity index (χ4v) is 3.73. The first kappa shape index (κ1) is 20.9. The number of furan rings is 1. The standard InChI is InChI=1S/C24H24N2O2.ClH/c27-23(14-13-22-12-7-19-28-22)25-15-17-26(18-16-25)24(20-8-3-1-4-9-20)21-10-5-2-6-11-21;/h1-14,19,24H,15-18H2;1H. The lowest BCUT2D eigenvalue weighted by molar-refractivity contribution is -0.127. The SMILES string of the molecule is Cl.O=C(C=Cc1ccco1)N1CCN(C(c2ccccc2)c2ccccc2)CC1. The predicted octanol–water partition coefficient (Wildman–Crippen LogP) is 4.65. The molecule has 0 aliphatic carbocycles. The molecule has 1 aromatic heterocycles. The zero-order valence-electron chi connectivity index (χ0n) is 16.2. The molecule has 1 amide bonds. The van der Waals surface area contributed by atoms with E-state index in [0.29, 0.717) is 5.76 Å². The molecule has 0 radical (unpaired) electrons. The highest BCUT2D eigenvalue weighted by Crippen LogP contribution is 2.29. The molecule has 150 valence electrons. The Hall–Kier alpha value is -2.82. The van der Waals surface area contributed by atoms with E-state index in [1.807, 2.05) is 29.2 Å².